The van der Waals surface area contributed by atoms with Crippen LogP contribution in [0.3, 0.4) is 0 Å². The molecule has 126 valence electrons. The number of nitrogens with zero attached hydrogens (tertiary/aromatic N) is 2. The molecule has 0 spiro atoms. The number of rotatable bonds is 4. The summed E-state index contributed by atoms with van der Waals surface area (Å²) in [7, 11) is 3.38. The highest BCUT2D eigenvalue weighted by Gasteiger charge is 2.08. The van der Waals surface area contributed by atoms with Gasteiger partial charge in [0.15, 0.2) is 0 Å². The molecule has 0 fully saturated rings. The van der Waals surface area contributed by atoms with E-state index in [-0.39, 0.29) is 0 Å². The predicted molar refractivity (Wildman–Crippen MR) is 84.9 cm³/mol. The van der Waals surface area contributed by atoms with Gasteiger partial charge in [-0.05, 0) is 34.2 Å². The summed E-state index contributed by atoms with van der Waals surface area (Å²) in [5.74, 6) is -1.12. The number of ether oxygens (including phenoxy) is 1. The van der Waals surface area contributed by atoms with Crippen LogP contribution in [0.4, 0.5) is 0 Å². The van der Waals surface area contributed by atoms with E-state index in [1.165, 1.54) is 18.7 Å². The molecule has 0 aromatic carbocycles. The van der Waals surface area contributed by atoms with E-state index in [1.54, 1.807) is 14.1 Å². The quantitative estimate of drug-likeness (QED) is 0.451. The molecule has 0 atom stereocenters. The standard InChI is InChI=1S/C8H19N.C4H6O3.C3H7NO/c1-6-9(7(2)3)8(4)5;1-3(5)7-4(2)6;1-4(2)3-5/h7-8H,6H2,1-5H3;1-2H3;3H,1-2H3. The third kappa shape index (κ3) is 24.0. The zero-order valence-corrected chi connectivity index (χ0v) is 15.0. The first-order valence-electron chi connectivity index (χ1n) is 7.05. The Hall–Kier alpha value is -1.43. The summed E-state index contributed by atoms with van der Waals surface area (Å²) >= 11 is 0. The fraction of sp³-hybridized carbons (Fsp3) is 0.800. The highest BCUT2D eigenvalue weighted by atomic mass is 16.6. The summed E-state index contributed by atoms with van der Waals surface area (Å²) < 4.78 is 3.97. The van der Waals surface area contributed by atoms with E-state index in [4.69, 9.17) is 0 Å². The summed E-state index contributed by atoms with van der Waals surface area (Å²) in [4.78, 5) is 33.0. The van der Waals surface area contributed by atoms with Gasteiger partial charge < -0.3 is 9.64 Å². The van der Waals surface area contributed by atoms with Crippen LogP contribution in [0.2, 0.25) is 0 Å². The Labute approximate surface area is 129 Å². The first-order valence-corrected chi connectivity index (χ1v) is 7.05. The second kappa shape index (κ2) is 15.0. The number of carbonyl (C=O) groups excluding carboxylic acids is 3. The lowest BCUT2D eigenvalue weighted by Gasteiger charge is -2.28. The number of esters is 2. The fourth-order valence-electron chi connectivity index (χ4n) is 1.53. The van der Waals surface area contributed by atoms with Crippen molar-refractivity contribution in [2.24, 2.45) is 0 Å². The monoisotopic (exact) mass is 304 g/mol. The molecule has 0 aliphatic heterocycles. The van der Waals surface area contributed by atoms with Gasteiger partial charge in [-0.25, -0.2) is 0 Å². The maximum Gasteiger partial charge on any atom is 0.310 e. The van der Waals surface area contributed by atoms with Gasteiger partial charge in [-0.15, -0.1) is 0 Å². The van der Waals surface area contributed by atoms with Crippen LogP contribution in [0.1, 0.15) is 48.5 Å². The average molecular weight is 304 g/mol. The van der Waals surface area contributed by atoms with Crippen molar-refractivity contribution in [3.63, 3.8) is 0 Å². The molecule has 1 amide bonds. The molecule has 0 unspecified atom stereocenters. The number of amides is 1. The summed E-state index contributed by atoms with van der Waals surface area (Å²) in [5.41, 5.74) is 0. The van der Waals surface area contributed by atoms with Crippen molar-refractivity contribution in [1.82, 2.24) is 9.80 Å². The molecule has 6 heteroatoms. The van der Waals surface area contributed by atoms with Gasteiger partial charge in [-0.2, -0.15) is 0 Å². The Bertz CT molecular complexity index is 269. The molecule has 0 aromatic heterocycles. The largest absolute Gasteiger partial charge is 0.394 e. The van der Waals surface area contributed by atoms with Crippen LogP contribution in [0.5, 0.6) is 0 Å². The van der Waals surface area contributed by atoms with Crippen LogP contribution < -0.4 is 0 Å². The number of carbonyl (C=O) groups is 3. The fourth-order valence-corrected chi connectivity index (χ4v) is 1.53. The normalized spacial score (nSPS) is 9.33. The lowest BCUT2D eigenvalue weighted by atomic mass is 10.2. The first-order chi connectivity index (χ1) is 9.49. The molecule has 0 aromatic rings. The van der Waals surface area contributed by atoms with Crippen molar-refractivity contribution in [2.75, 3.05) is 20.6 Å². The van der Waals surface area contributed by atoms with Crippen molar-refractivity contribution in [1.29, 1.82) is 0 Å². The molecule has 0 heterocycles. The third-order valence-corrected chi connectivity index (χ3v) is 2.19. The van der Waals surface area contributed by atoms with Crippen LogP contribution in [-0.4, -0.2) is 60.9 Å². The second-order valence-corrected chi connectivity index (χ2v) is 5.17. The van der Waals surface area contributed by atoms with Gasteiger partial charge in [0.25, 0.3) is 0 Å². The molecule has 0 rings (SSSR count). The minimum Gasteiger partial charge on any atom is -0.394 e. The van der Waals surface area contributed by atoms with Gasteiger partial charge in [-0.3, -0.25) is 19.3 Å². The summed E-state index contributed by atoms with van der Waals surface area (Å²) in [5, 5.41) is 0. The zero-order chi connectivity index (χ0) is 17.6. The minimum atomic E-state index is -0.562. The first kappa shape index (κ1) is 24.6. The molecule has 0 aliphatic rings. The summed E-state index contributed by atoms with van der Waals surface area (Å²) in [6, 6.07) is 1.38. The van der Waals surface area contributed by atoms with Crippen LogP contribution in [-0.2, 0) is 19.1 Å². The molecule has 0 N–H and O–H groups in total. The van der Waals surface area contributed by atoms with E-state index in [0.717, 1.165) is 13.0 Å². The Morgan fingerprint density at radius 1 is 1.00 bits per heavy atom. The molecule has 0 saturated heterocycles. The molecular weight excluding hydrogens is 272 g/mol. The maximum atomic E-state index is 9.81. The van der Waals surface area contributed by atoms with Gasteiger partial charge in [0.05, 0.1) is 0 Å². The van der Waals surface area contributed by atoms with Crippen molar-refractivity contribution in [2.45, 2.75) is 60.5 Å². The molecule has 6 nitrogen and oxygen atoms in total. The Morgan fingerprint density at radius 3 is 1.29 bits per heavy atom. The molecular formula is C15H32N2O4. The Balaban J connectivity index is -0.000000242. The topological polar surface area (TPSA) is 66.9 Å². The van der Waals surface area contributed by atoms with E-state index in [9.17, 15) is 14.4 Å². The highest BCUT2D eigenvalue weighted by molar-refractivity contribution is 5.82. The van der Waals surface area contributed by atoms with Gasteiger partial charge in [0.2, 0.25) is 6.41 Å². The molecule has 0 aliphatic carbocycles. The lowest BCUT2D eigenvalue weighted by Crippen LogP contribution is -2.36. The number of hydrogen-bond donors (Lipinski definition) is 0. The average Bonchev–Trinajstić information content (AvgIpc) is 2.28. The summed E-state index contributed by atoms with van der Waals surface area (Å²) in [6.07, 6.45) is 0.750. The second-order valence-electron chi connectivity index (χ2n) is 5.17. The molecule has 0 bridgehead atoms. The number of hydrogen-bond acceptors (Lipinski definition) is 5. The lowest BCUT2D eigenvalue weighted by molar-refractivity contribution is -0.156. The molecule has 0 saturated carbocycles. The zero-order valence-electron chi connectivity index (χ0n) is 15.0. The van der Waals surface area contributed by atoms with Crippen molar-refractivity contribution in [3.05, 3.63) is 0 Å². The highest BCUT2D eigenvalue weighted by Crippen LogP contribution is 2.02. The van der Waals surface area contributed by atoms with E-state index >= 15 is 0 Å². The van der Waals surface area contributed by atoms with E-state index in [0.29, 0.717) is 12.1 Å². The minimum absolute atomic E-state index is 0.562. The van der Waals surface area contributed by atoms with Gasteiger partial charge in [-0.1, -0.05) is 6.92 Å². The SMILES string of the molecule is CC(=O)OC(C)=O.CCN(C(C)C)C(C)C.CN(C)C=O. The van der Waals surface area contributed by atoms with E-state index in [2.05, 4.69) is 44.3 Å². The van der Waals surface area contributed by atoms with Gasteiger partial charge >= 0.3 is 11.9 Å². The maximum absolute atomic E-state index is 9.81. The van der Waals surface area contributed by atoms with Crippen molar-refractivity contribution in [3.8, 4) is 0 Å². The van der Waals surface area contributed by atoms with Gasteiger partial charge in [0.1, 0.15) is 0 Å². The van der Waals surface area contributed by atoms with Crippen molar-refractivity contribution >= 4 is 18.3 Å². The molecule has 21 heavy (non-hydrogen) atoms. The van der Waals surface area contributed by atoms with Crippen LogP contribution in [0.25, 0.3) is 0 Å². The van der Waals surface area contributed by atoms with Gasteiger partial charge in [0, 0.05) is 40.0 Å². The van der Waals surface area contributed by atoms with Crippen molar-refractivity contribution < 1.29 is 19.1 Å². The van der Waals surface area contributed by atoms with Crippen LogP contribution in [0, 0.1) is 0 Å². The smallest absolute Gasteiger partial charge is 0.310 e. The molecule has 0 radical (unpaired) electrons. The van der Waals surface area contributed by atoms with E-state index in [1.807, 2.05) is 0 Å². The van der Waals surface area contributed by atoms with Crippen LogP contribution >= 0.6 is 0 Å². The predicted octanol–water partition coefficient (Wildman–Crippen LogP) is 1.93. The Kier molecular flexibility index (Phi) is 17.5. The Morgan fingerprint density at radius 2 is 1.29 bits per heavy atom. The third-order valence-electron chi connectivity index (χ3n) is 2.19. The van der Waals surface area contributed by atoms with Crippen LogP contribution in [0.15, 0.2) is 0 Å². The van der Waals surface area contributed by atoms with E-state index < -0.39 is 11.9 Å². The summed E-state index contributed by atoms with van der Waals surface area (Å²) in [6.45, 7) is 14.7.